The number of piperidine rings is 1. The number of nitrogens with zero attached hydrogens (tertiary/aromatic N) is 1. The number of likely N-dealkylation sites (tertiary alicyclic amines) is 1. The van der Waals surface area contributed by atoms with E-state index >= 15 is 0 Å². The molecule has 1 aromatic rings. The number of nitrogens with one attached hydrogen (secondary N) is 1. The van der Waals surface area contributed by atoms with Crippen LogP contribution in [-0.2, 0) is 4.79 Å². The number of nitrogen functional groups attached to an aromatic ring is 1. The van der Waals surface area contributed by atoms with Crippen LogP contribution in [0.4, 0.5) is 5.69 Å². The molecule has 0 aromatic heterocycles. The number of carbonyl (C=O) groups excluding carboxylic acids is 2. The lowest BCUT2D eigenvalue weighted by atomic mass is 9.91. The minimum Gasteiger partial charge on any atom is -0.396 e. The van der Waals surface area contributed by atoms with Gasteiger partial charge in [-0.2, -0.15) is 0 Å². The van der Waals surface area contributed by atoms with Gasteiger partial charge in [-0.3, -0.25) is 9.59 Å². The van der Waals surface area contributed by atoms with Crippen molar-refractivity contribution >= 4 is 40.7 Å². The Kier molecular flexibility index (Phi) is 3.71. The third kappa shape index (κ3) is 2.45. The summed E-state index contributed by atoms with van der Waals surface area (Å²) in [5.74, 6) is -0.238. The summed E-state index contributed by atoms with van der Waals surface area (Å²) in [5, 5.41) is 3.35. The number of rotatable bonds is 1. The van der Waals surface area contributed by atoms with Crippen molar-refractivity contribution < 1.29 is 9.59 Å². The molecule has 0 saturated carbocycles. The molecule has 112 valence electrons. The van der Waals surface area contributed by atoms with Gasteiger partial charge in [0.1, 0.15) is 0 Å². The van der Waals surface area contributed by atoms with Gasteiger partial charge in [0.05, 0.1) is 27.7 Å². The van der Waals surface area contributed by atoms with Gasteiger partial charge in [-0.15, -0.1) is 0 Å². The summed E-state index contributed by atoms with van der Waals surface area (Å²) in [6.07, 6.45) is 1.64. The zero-order chi connectivity index (χ0) is 15.1. The van der Waals surface area contributed by atoms with Crippen molar-refractivity contribution in [2.75, 3.05) is 18.8 Å². The predicted molar refractivity (Wildman–Crippen MR) is 81.4 cm³/mol. The van der Waals surface area contributed by atoms with Crippen molar-refractivity contribution in [1.82, 2.24) is 10.2 Å². The summed E-state index contributed by atoms with van der Waals surface area (Å²) in [4.78, 5) is 26.2. The van der Waals surface area contributed by atoms with E-state index < -0.39 is 0 Å². The summed E-state index contributed by atoms with van der Waals surface area (Å²) >= 11 is 12.0. The van der Waals surface area contributed by atoms with Crippen molar-refractivity contribution in [3.8, 4) is 0 Å². The average Bonchev–Trinajstić information content (AvgIpc) is 2.85. The number of carbonyl (C=O) groups is 2. The molecular formula is C14H15Cl2N3O2. The Morgan fingerprint density at radius 2 is 2.00 bits per heavy atom. The average molecular weight is 328 g/mol. The van der Waals surface area contributed by atoms with E-state index in [0.29, 0.717) is 18.7 Å². The van der Waals surface area contributed by atoms with Gasteiger partial charge in [-0.1, -0.05) is 23.2 Å². The third-order valence-electron chi connectivity index (χ3n) is 4.19. The first-order chi connectivity index (χ1) is 9.99. The molecule has 2 amide bonds. The number of amides is 2. The second kappa shape index (κ2) is 5.39. The molecule has 2 saturated heterocycles. The summed E-state index contributed by atoms with van der Waals surface area (Å²) in [6.45, 7) is 1.14. The first kappa shape index (κ1) is 14.5. The van der Waals surface area contributed by atoms with Gasteiger partial charge in [0, 0.05) is 18.7 Å². The first-order valence-electron chi connectivity index (χ1n) is 6.82. The van der Waals surface area contributed by atoms with E-state index in [1.54, 1.807) is 4.90 Å². The monoisotopic (exact) mass is 327 g/mol. The van der Waals surface area contributed by atoms with Crippen molar-refractivity contribution in [3.63, 3.8) is 0 Å². The number of halogens is 2. The Hall–Kier alpha value is -1.46. The number of nitrogens with two attached hydrogens (primary N) is 1. The van der Waals surface area contributed by atoms with Crippen LogP contribution < -0.4 is 11.1 Å². The molecule has 0 aliphatic carbocycles. The molecule has 7 heteroatoms. The normalized spacial score (nSPS) is 24.7. The fourth-order valence-electron chi connectivity index (χ4n) is 3.08. The molecule has 2 aliphatic rings. The predicted octanol–water partition coefficient (Wildman–Crippen LogP) is 1.93. The zero-order valence-corrected chi connectivity index (χ0v) is 12.7. The van der Waals surface area contributed by atoms with Crippen LogP contribution in [0.15, 0.2) is 12.1 Å². The van der Waals surface area contributed by atoms with E-state index in [-0.39, 0.29) is 39.5 Å². The molecule has 2 aliphatic heterocycles. The summed E-state index contributed by atoms with van der Waals surface area (Å²) in [7, 11) is 0. The van der Waals surface area contributed by atoms with Crippen LogP contribution in [-0.4, -0.2) is 35.8 Å². The highest BCUT2D eigenvalue weighted by Gasteiger charge is 2.42. The molecular weight excluding hydrogens is 313 g/mol. The molecule has 3 N–H and O–H groups in total. The smallest absolute Gasteiger partial charge is 0.254 e. The topological polar surface area (TPSA) is 75.4 Å². The maximum absolute atomic E-state index is 12.7. The van der Waals surface area contributed by atoms with E-state index in [1.807, 2.05) is 0 Å². The van der Waals surface area contributed by atoms with Gasteiger partial charge < -0.3 is 16.0 Å². The van der Waals surface area contributed by atoms with Gasteiger partial charge in [-0.05, 0) is 25.0 Å². The lowest BCUT2D eigenvalue weighted by molar-refractivity contribution is -0.123. The standard InChI is InChI=1S/C14H15Cl2N3O2/c15-9-4-7(5-10(16)12(9)17)14(21)19-3-1-2-8-11(19)6-18-13(8)20/h4-5,8,11H,1-3,6,17H2,(H,18,20). The lowest BCUT2D eigenvalue weighted by Crippen LogP contribution is -2.48. The van der Waals surface area contributed by atoms with Crippen LogP contribution in [0.2, 0.25) is 10.0 Å². The lowest BCUT2D eigenvalue weighted by Gasteiger charge is -2.36. The Balaban J connectivity index is 1.90. The summed E-state index contributed by atoms with van der Waals surface area (Å²) in [5.41, 5.74) is 6.36. The molecule has 0 radical (unpaired) electrons. The molecule has 2 unspecified atom stereocenters. The van der Waals surface area contributed by atoms with E-state index in [9.17, 15) is 9.59 Å². The van der Waals surface area contributed by atoms with Crippen LogP contribution in [0, 0.1) is 5.92 Å². The maximum atomic E-state index is 12.7. The molecule has 0 spiro atoms. The fraction of sp³-hybridized carbons (Fsp3) is 0.429. The number of fused-ring (bicyclic) bond motifs is 1. The Morgan fingerprint density at radius 3 is 2.67 bits per heavy atom. The quantitative estimate of drug-likeness (QED) is 0.774. The van der Waals surface area contributed by atoms with Crippen molar-refractivity contribution in [2.24, 2.45) is 5.92 Å². The van der Waals surface area contributed by atoms with Gasteiger partial charge >= 0.3 is 0 Å². The van der Waals surface area contributed by atoms with Crippen LogP contribution >= 0.6 is 23.2 Å². The maximum Gasteiger partial charge on any atom is 0.254 e. The Bertz CT molecular complexity index is 597. The third-order valence-corrected chi connectivity index (χ3v) is 4.81. The Morgan fingerprint density at radius 1 is 1.33 bits per heavy atom. The molecule has 1 aromatic carbocycles. The van der Waals surface area contributed by atoms with E-state index in [2.05, 4.69) is 5.32 Å². The van der Waals surface area contributed by atoms with E-state index in [1.165, 1.54) is 12.1 Å². The van der Waals surface area contributed by atoms with Crippen molar-refractivity contribution in [3.05, 3.63) is 27.7 Å². The van der Waals surface area contributed by atoms with Crippen LogP contribution in [0.25, 0.3) is 0 Å². The minimum atomic E-state index is -0.162. The highest BCUT2D eigenvalue weighted by Crippen LogP contribution is 2.32. The van der Waals surface area contributed by atoms with Crippen LogP contribution in [0.1, 0.15) is 23.2 Å². The fourth-order valence-corrected chi connectivity index (χ4v) is 3.56. The van der Waals surface area contributed by atoms with Crippen LogP contribution in [0.5, 0.6) is 0 Å². The highest BCUT2D eigenvalue weighted by atomic mass is 35.5. The molecule has 2 heterocycles. The zero-order valence-electron chi connectivity index (χ0n) is 11.2. The van der Waals surface area contributed by atoms with Crippen molar-refractivity contribution in [2.45, 2.75) is 18.9 Å². The molecule has 2 fully saturated rings. The number of anilines is 1. The number of hydrogen-bond acceptors (Lipinski definition) is 3. The molecule has 0 bridgehead atoms. The SMILES string of the molecule is Nc1c(Cl)cc(C(=O)N2CCCC3C(=O)NCC32)cc1Cl. The highest BCUT2D eigenvalue weighted by molar-refractivity contribution is 6.39. The van der Waals surface area contributed by atoms with Gasteiger partial charge in [-0.25, -0.2) is 0 Å². The summed E-state index contributed by atoms with van der Waals surface area (Å²) in [6, 6.07) is 2.96. The number of benzene rings is 1. The molecule has 5 nitrogen and oxygen atoms in total. The van der Waals surface area contributed by atoms with Crippen LogP contribution in [0.3, 0.4) is 0 Å². The largest absolute Gasteiger partial charge is 0.396 e. The molecule has 21 heavy (non-hydrogen) atoms. The van der Waals surface area contributed by atoms with E-state index in [0.717, 1.165) is 12.8 Å². The molecule has 2 atom stereocenters. The van der Waals surface area contributed by atoms with E-state index in [4.69, 9.17) is 28.9 Å². The van der Waals surface area contributed by atoms with Crippen molar-refractivity contribution in [1.29, 1.82) is 0 Å². The van der Waals surface area contributed by atoms with Gasteiger partial charge in [0.15, 0.2) is 0 Å². The summed E-state index contributed by atoms with van der Waals surface area (Å²) < 4.78 is 0. The Labute approximate surface area is 132 Å². The van der Waals surface area contributed by atoms with Gasteiger partial charge in [0.25, 0.3) is 5.91 Å². The first-order valence-corrected chi connectivity index (χ1v) is 7.58. The minimum absolute atomic E-state index is 0.0332. The van der Waals surface area contributed by atoms with Gasteiger partial charge in [0.2, 0.25) is 5.91 Å². The second-order valence-corrected chi connectivity index (χ2v) is 6.23. The number of hydrogen-bond donors (Lipinski definition) is 2. The second-order valence-electron chi connectivity index (χ2n) is 5.41. The molecule has 3 rings (SSSR count).